The molecule has 116 valence electrons. The summed E-state index contributed by atoms with van der Waals surface area (Å²) < 4.78 is 5.26. The Morgan fingerprint density at radius 2 is 1.95 bits per heavy atom. The summed E-state index contributed by atoms with van der Waals surface area (Å²) in [6.07, 6.45) is 1.12. The van der Waals surface area contributed by atoms with E-state index in [4.69, 9.17) is 4.74 Å². The van der Waals surface area contributed by atoms with Crippen LogP contribution in [0, 0.1) is 5.92 Å². The molecule has 1 atom stereocenters. The highest BCUT2D eigenvalue weighted by atomic mass is 16.6. The van der Waals surface area contributed by atoms with Gasteiger partial charge in [0.15, 0.2) is 5.78 Å². The van der Waals surface area contributed by atoms with Crippen molar-refractivity contribution in [3.63, 3.8) is 0 Å². The lowest BCUT2D eigenvalue weighted by Gasteiger charge is -2.13. The van der Waals surface area contributed by atoms with Crippen LogP contribution in [0.25, 0.3) is 0 Å². The Labute approximate surface area is 128 Å². The summed E-state index contributed by atoms with van der Waals surface area (Å²) in [5, 5.41) is 2.82. The number of hydrogen-bond donors (Lipinski definition) is 1. The molecule has 0 bridgehead atoms. The number of ketones is 1. The molecule has 1 N–H and O–H groups in total. The SMILES string of the molecule is CC(=O)c1ccc(N2C[C@H](CNC(=O)C3CC3)OC2=O)cc1. The standard InChI is InChI=1S/C16H18N2O4/c1-10(19)11-4-6-13(7-5-11)18-9-14(22-16(18)21)8-17-15(20)12-2-3-12/h4-7,12,14H,2-3,8-9H2,1H3,(H,17,20)/t14-/m0/s1. The number of nitrogens with zero attached hydrogens (tertiary/aromatic N) is 1. The van der Waals surface area contributed by atoms with Gasteiger partial charge in [0.1, 0.15) is 6.10 Å². The van der Waals surface area contributed by atoms with Gasteiger partial charge in [0.2, 0.25) is 5.91 Å². The smallest absolute Gasteiger partial charge is 0.414 e. The normalized spacial score (nSPS) is 20.7. The molecular weight excluding hydrogens is 284 g/mol. The van der Waals surface area contributed by atoms with E-state index in [2.05, 4.69) is 5.32 Å². The third-order valence-corrected chi connectivity index (χ3v) is 3.91. The van der Waals surface area contributed by atoms with Crippen LogP contribution in [0.5, 0.6) is 0 Å². The summed E-state index contributed by atoms with van der Waals surface area (Å²) >= 11 is 0. The van der Waals surface area contributed by atoms with Gasteiger partial charge in [-0.2, -0.15) is 0 Å². The summed E-state index contributed by atoms with van der Waals surface area (Å²) in [4.78, 5) is 36.3. The van der Waals surface area contributed by atoms with Crippen LogP contribution in [0.15, 0.2) is 24.3 Å². The molecule has 1 aliphatic heterocycles. The van der Waals surface area contributed by atoms with Crippen molar-refractivity contribution in [2.24, 2.45) is 5.92 Å². The molecule has 1 saturated heterocycles. The molecule has 1 aliphatic carbocycles. The molecule has 1 aromatic rings. The number of cyclic esters (lactones) is 1. The lowest BCUT2D eigenvalue weighted by Crippen LogP contribution is -2.35. The topological polar surface area (TPSA) is 75.7 Å². The molecule has 0 spiro atoms. The van der Waals surface area contributed by atoms with Crippen molar-refractivity contribution in [3.8, 4) is 0 Å². The largest absolute Gasteiger partial charge is 0.442 e. The van der Waals surface area contributed by atoms with Gasteiger partial charge in [0.05, 0.1) is 13.1 Å². The molecule has 6 heteroatoms. The number of carbonyl (C=O) groups is 3. The first-order valence-electron chi connectivity index (χ1n) is 7.41. The zero-order valence-corrected chi connectivity index (χ0v) is 12.4. The van der Waals surface area contributed by atoms with E-state index >= 15 is 0 Å². The molecule has 2 aliphatic rings. The van der Waals surface area contributed by atoms with Crippen LogP contribution in [0.1, 0.15) is 30.1 Å². The molecule has 1 saturated carbocycles. The van der Waals surface area contributed by atoms with Gasteiger partial charge in [-0.15, -0.1) is 0 Å². The van der Waals surface area contributed by atoms with E-state index in [1.54, 1.807) is 24.3 Å². The van der Waals surface area contributed by atoms with Gasteiger partial charge in [-0.3, -0.25) is 14.5 Å². The third kappa shape index (κ3) is 3.10. The van der Waals surface area contributed by atoms with Gasteiger partial charge in [-0.25, -0.2) is 4.79 Å². The zero-order valence-electron chi connectivity index (χ0n) is 12.4. The number of Topliss-reactive ketones (excluding diaryl/α,β-unsaturated/α-hetero) is 1. The van der Waals surface area contributed by atoms with E-state index in [-0.39, 0.29) is 23.7 Å². The van der Waals surface area contributed by atoms with Crippen molar-refractivity contribution in [2.45, 2.75) is 25.9 Å². The number of benzene rings is 1. The predicted octanol–water partition coefficient (Wildman–Crippen LogP) is 1.74. The first-order valence-corrected chi connectivity index (χ1v) is 7.41. The van der Waals surface area contributed by atoms with Crippen LogP contribution in [-0.4, -0.2) is 37.0 Å². The number of carbonyl (C=O) groups excluding carboxylic acids is 3. The average molecular weight is 302 g/mol. The summed E-state index contributed by atoms with van der Waals surface area (Å²) in [5.74, 6) is 0.170. The fourth-order valence-electron chi connectivity index (χ4n) is 2.42. The highest BCUT2D eigenvalue weighted by molar-refractivity contribution is 5.95. The van der Waals surface area contributed by atoms with Crippen LogP contribution in [-0.2, 0) is 9.53 Å². The minimum absolute atomic E-state index is 0.0174. The minimum atomic E-state index is -0.429. The number of amides is 2. The number of nitrogens with one attached hydrogen (secondary N) is 1. The molecule has 0 radical (unpaired) electrons. The van der Waals surface area contributed by atoms with E-state index in [1.807, 2.05) is 0 Å². The molecule has 1 aromatic carbocycles. The highest BCUT2D eigenvalue weighted by Crippen LogP contribution is 2.29. The maximum absolute atomic E-state index is 11.9. The molecule has 0 aromatic heterocycles. The van der Waals surface area contributed by atoms with E-state index in [0.717, 1.165) is 12.8 Å². The van der Waals surface area contributed by atoms with Gasteiger partial charge in [0, 0.05) is 17.2 Å². The van der Waals surface area contributed by atoms with E-state index < -0.39 is 6.09 Å². The molecular formula is C16H18N2O4. The Hall–Kier alpha value is -2.37. The second-order valence-corrected chi connectivity index (χ2v) is 5.74. The summed E-state index contributed by atoms with van der Waals surface area (Å²) in [6, 6.07) is 6.83. The molecule has 6 nitrogen and oxygen atoms in total. The molecule has 0 unspecified atom stereocenters. The highest BCUT2D eigenvalue weighted by Gasteiger charge is 2.34. The number of hydrogen-bond acceptors (Lipinski definition) is 4. The Balaban J connectivity index is 1.59. The summed E-state index contributed by atoms with van der Waals surface area (Å²) in [6.45, 7) is 2.23. The van der Waals surface area contributed by atoms with Crippen molar-refractivity contribution < 1.29 is 19.1 Å². The minimum Gasteiger partial charge on any atom is -0.442 e. The average Bonchev–Trinajstić information content (AvgIpc) is 3.28. The van der Waals surface area contributed by atoms with Crippen molar-refractivity contribution in [3.05, 3.63) is 29.8 Å². The fourth-order valence-corrected chi connectivity index (χ4v) is 2.42. The van der Waals surface area contributed by atoms with Gasteiger partial charge < -0.3 is 10.1 Å². The fraction of sp³-hybridized carbons (Fsp3) is 0.438. The summed E-state index contributed by atoms with van der Waals surface area (Å²) in [7, 11) is 0. The van der Waals surface area contributed by atoms with Crippen LogP contribution < -0.4 is 10.2 Å². The zero-order chi connectivity index (χ0) is 15.7. The van der Waals surface area contributed by atoms with Crippen molar-refractivity contribution in [1.29, 1.82) is 0 Å². The Morgan fingerprint density at radius 1 is 1.27 bits per heavy atom. The summed E-state index contributed by atoms with van der Waals surface area (Å²) in [5.41, 5.74) is 1.29. The van der Waals surface area contributed by atoms with Crippen LogP contribution in [0.4, 0.5) is 10.5 Å². The molecule has 1 heterocycles. The van der Waals surface area contributed by atoms with Crippen LogP contribution in [0.2, 0.25) is 0 Å². The van der Waals surface area contributed by atoms with Gasteiger partial charge in [-0.05, 0) is 44.0 Å². The van der Waals surface area contributed by atoms with Gasteiger partial charge in [-0.1, -0.05) is 0 Å². The number of rotatable bonds is 5. The van der Waals surface area contributed by atoms with Crippen LogP contribution in [0.3, 0.4) is 0 Å². The lowest BCUT2D eigenvalue weighted by atomic mass is 10.1. The van der Waals surface area contributed by atoms with Crippen LogP contribution >= 0.6 is 0 Å². The maximum atomic E-state index is 11.9. The first kappa shape index (κ1) is 14.6. The number of anilines is 1. The maximum Gasteiger partial charge on any atom is 0.414 e. The van der Waals surface area contributed by atoms with E-state index in [1.165, 1.54) is 11.8 Å². The van der Waals surface area contributed by atoms with Crippen molar-refractivity contribution in [1.82, 2.24) is 5.32 Å². The Kier molecular flexibility index (Phi) is 3.83. The van der Waals surface area contributed by atoms with Gasteiger partial charge >= 0.3 is 6.09 Å². The van der Waals surface area contributed by atoms with Crippen molar-refractivity contribution in [2.75, 3.05) is 18.0 Å². The first-order chi connectivity index (χ1) is 10.5. The number of ether oxygens (including phenoxy) is 1. The molecule has 3 rings (SSSR count). The molecule has 2 fully saturated rings. The lowest BCUT2D eigenvalue weighted by molar-refractivity contribution is -0.122. The van der Waals surface area contributed by atoms with E-state index in [9.17, 15) is 14.4 Å². The second-order valence-electron chi connectivity index (χ2n) is 5.74. The molecule has 22 heavy (non-hydrogen) atoms. The predicted molar refractivity (Wildman–Crippen MR) is 79.8 cm³/mol. The monoisotopic (exact) mass is 302 g/mol. The Morgan fingerprint density at radius 3 is 2.55 bits per heavy atom. The van der Waals surface area contributed by atoms with E-state index in [0.29, 0.717) is 24.3 Å². The molecule has 2 amide bonds. The quantitative estimate of drug-likeness (QED) is 0.841. The van der Waals surface area contributed by atoms with Crippen molar-refractivity contribution >= 4 is 23.5 Å². The third-order valence-electron chi connectivity index (χ3n) is 3.91. The Bertz CT molecular complexity index is 607. The second kappa shape index (κ2) is 5.79. The van der Waals surface area contributed by atoms with Gasteiger partial charge in [0.25, 0.3) is 0 Å².